The van der Waals surface area contributed by atoms with Crippen LogP contribution >= 0.6 is 15.9 Å². The van der Waals surface area contributed by atoms with E-state index in [1.54, 1.807) is 14.2 Å². The third-order valence-corrected chi connectivity index (χ3v) is 3.64. The van der Waals surface area contributed by atoms with E-state index in [1.165, 1.54) is 12.8 Å². The Morgan fingerprint density at radius 3 is 2.39 bits per heavy atom. The highest BCUT2D eigenvalue weighted by Crippen LogP contribution is 2.36. The highest BCUT2D eigenvalue weighted by Gasteiger charge is 2.15. The van der Waals surface area contributed by atoms with Crippen molar-refractivity contribution in [1.82, 2.24) is 0 Å². The van der Waals surface area contributed by atoms with Gasteiger partial charge in [0.2, 0.25) is 0 Å². The Bertz CT molecular complexity index is 382. The van der Waals surface area contributed by atoms with Crippen LogP contribution in [0.1, 0.15) is 44.2 Å². The molecule has 0 spiro atoms. The zero-order chi connectivity index (χ0) is 13.5. The Kier molecular flexibility index (Phi) is 6.50. The third-order valence-electron chi connectivity index (χ3n) is 3.02. The van der Waals surface area contributed by atoms with E-state index in [9.17, 15) is 0 Å². The van der Waals surface area contributed by atoms with Gasteiger partial charge in [0, 0.05) is 11.6 Å². The van der Waals surface area contributed by atoms with Crippen LogP contribution in [-0.4, -0.2) is 14.2 Å². The second-order valence-electron chi connectivity index (χ2n) is 4.33. The normalized spacial score (nSPS) is 12.3. The maximum absolute atomic E-state index is 6.23. The van der Waals surface area contributed by atoms with Crippen LogP contribution in [-0.2, 0) is 0 Å². The fraction of sp³-hybridized carbons (Fsp3) is 0.571. The van der Waals surface area contributed by atoms with Crippen molar-refractivity contribution in [1.29, 1.82) is 0 Å². The Morgan fingerprint density at radius 2 is 1.83 bits per heavy atom. The average Bonchev–Trinajstić information content (AvgIpc) is 2.38. The van der Waals surface area contributed by atoms with Crippen molar-refractivity contribution in [2.75, 3.05) is 14.2 Å². The minimum atomic E-state index is -0.00602. The van der Waals surface area contributed by atoms with Crippen molar-refractivity contribution >= 4 is 15.9 Å². The van der Waals surface area contributed by atoms with E-state index in [1.807, 2.05) is 12.1 Å². The zero-order valence-electron chi connectivity index (χ0n) is 11.3. The van der Waals surface area contributed by atoms with E-state index >= 15 is 0 Å². The Balaban J connectivity index is 2.90. The molecular weight excluding hydrogens is 294 g/mol. The zero-order valence-corrected chi connectivity index (χ0v) is 12.9. The summed E-state index contributed by atoms with van der Waals surface area (Å²) in [5, 5.41) is 0. The van der Waals surface area contributed by atoms with Crippen molar-refractivity contribution < 1.29 is 9.47 Å². The van der Waals surface area contributed by atoms with Crippen molar-refractivity contribution in [3.63, 3.8) is 0 Å². The molecule has 0 unspecified atom stereocenters. The second kappa shape index (κ2) is 7.64. The molecule has 0 fully saturated rings. The number of nitrogens with two attached hydrogens (primary N) is 1. The van der Waals surface area contributed by atoms with Gasteiger partial charge in [-0.05, 0) is 34.5 Å². The van der Waals surface area contributed by atoms with Crippen molar-refractivity contribution in [3.05, 3.63) is 22.2 Å². The lowest BCUT2D eigenvalue weighted by molar-refractivity contribution is 0.391. The van der Waals surface area contributed by atoms with Crippen LogP contribution in [0.3, 0.4) is 0 Å². The van der Waals surface area contributed by atoms with Gasteiger partial charge >= 0.3 is 0 Å². The van der Waals surface area contributed by atoms with Gasteiger partial charge < -0.3 is 15.2 Å². The monoisotopic (exact) mass is 315 g/mol. The van der Waals surface area contributed by atoms with E-state index in [0.29, 0.717) is 0 Å². The van der Waals surface area contributed by atoms with Crippen LogP contribution < -0.4 is 15.2 Å². The summed E-state index contributed by atoms with van der Waals surface area (Å²) in [5.74, 6) is 1.60. The molecule has 0 saturated carbocycles. The maximum Gasteiger partial charge on any atom is 0.133 e. The first-order chi connectivity index (χ1) is 8.63. The Morgan fingerprint density at radius 1 is 1.17 bits per heavy atom. The molecule has 2 N–H and O–H groups in total. The first-order valence-corrected chi connectivity index (χ1v) is 7.10. The van der Waals surface area contributed by atoms with Gasteiger partial charge in [-0.1, -0.05) is 26.2 Å². The van der Waals surface area contributed by atoms with Gasteiger partial charge in [0.05, 0.1) is 18.7 Å². The van der Waals surface area contributed by atoms with E-state index in [-0.39, 0.29) is 6.04 Å². The van der Waals surface area contributed by atoms with Gasteiger partial charge in [0.1, 0.15) is 11.5 Å². The van der Waals surface area contributed by atoms with Crippen LogP contribution in [0.2, 0.25) is 0 Å². The summed E-state index contributed by atoms with van der Waals surface area (Å²) in [7, 11) is 3.31. The minimum Gasteiger partial charge on any atom is -0.496 e. The standard InChI is InChI=1S/C14H22BrNO2/c1-4-5-6-7-12(16)10-8-14(18-3)11(15)9-13(10)17-2/h8-9,12H,4-7,16H2,1-3H3/t12-/m1/s1. The summed E-state index contributed by atoms with van der Waals surface area (Å²) in [6.45, 7) is 2.19. The number of ether oxygens (including phenoxy) is 2. The summed E-state index contributed by atoms with van der Waals surface area (Å²) in [4.78, 5) is 0. The highest BCUT2D eigenvalue weighted by atomic mass is 79.9. The largest absolute Gasteiger partial charge is 0.496 e. The summed E-state index contributed by atoms with van der Waals surface area (Å²) in [6, 6.07) is 3.86. The Hall–Kier alpha value is -0.740. The van der Waals surface area contributed by atoms with Gasteiger partial charge in [-0.15, -0.1) is 0 Å². The van der Waals surface area contributed by atoms with E-state index < -0.39 is 0 Å². The molecule has 0 heterocycles. The molecule has 0 saturated heterocycles. The summed E-state index contributed by atoms with van der Waals surface area (Å²) in [6.07, 6.45) is 4.52. The summed E-state index contributed by atoms with van der Waals surface area (Å²) < 4.78 is 11.6. The molecule has 18 heavy (non-hydrogen) atoms. The van der Waals surface area contributed by atoms with Crippen LogP contribution in [0.4, 0.5) is 0 Å². The minimum absolute atomic E-state index is 0.00602. The predicted molar refractivity (Wildman–Crippen MR) is 78.3 cm³/mol. The molecule has 0 bridgehead atoms. The molecule has 1 rings (SSSR count). The fourth-order valence-electron chi connectivity index (χ4n) is 1.94. The smallest absolute Gasteiger partial charge is 0.133 e. The molecule has 4 heteroatoms. The number of benzene rings is 1. The molecule has 1 aromatic rings. The molecule has 0 aliphatic rings. The van der Waals surface area contributed by atoms with Crippen molar-refractivity contribution in [2.45, 2.75) is 38.6 Å². The second-order valence-corrected chi connectivity index (χ2v) is 5.19. The summed E-state index contributed by atoms with van der Waals surface area (Å²) in [5.41, 5.74) is 7.24. The van der Waals surface area contributed by atoms with Crippen molar-refractivity contribution in [3.8, 4) is 11.5 Å². The maximum atomic E-state index is 6.23. The molecular formula is C14H22BrNO2. The van der Waals surface area contributed by atoms with Gasteiger partial charge in [-0.2, -0.15) is 0 Å². The number of rotatable bonds is 7. The molecule has 0 radical (unpaired) electrons. The van der Waals surface area contributed by atoms with Gasteiger partial charge in [-0.25, -0.2) is 0 Å². The highest BCUT2D eigenvalue weighted by molar-refractivity contribution is 9.10. The van der Waals surface area contributed by atoms with Crippen molar-refractivity contribution in [2.24, 2.45) is 5.73 Å². The molecule has 1 aromatic carbocycles. The lowest BCUT2D eigenvalue weighted by Gasteiger charge is -2.17. The van der Waals surface area contributed by atoms with E-state index in [0.717, 1.165) is 34.4 Å². The number of methoxy groups -OCH3 is 2. The van der Waals surface area contributed by atoms with Crippen LogP contribution in [0.25, 0.3) is 0 Å². The van der Waals surface area contributed by atoms with Crippen LogP contribution in [0, 0.1) is 0 Å². The fourth-order valence-corrected chi connectivity index (χ4v) is 2.43. The molecule has 0 aromatic heterocycles. The van der Waals surface area contributed by atoms with Crippen LogP contribution in [0.5, 0.6) is 11.5 Å². The SMILES string of the molecule is CCCCC[C@@H](N)c1cc(OC)c(Br)cc1OC. The van der Waals surface area contributed by atoms with Gasteiger partial charge in [0.15, 0.2) is 0 Å². The molecule has 1 atom stereocenters. The first-order valence-electron chi connectivity index (χ1n) is 6.31. The van der Waals surface area contributed by atoms with Gasteiger partial charge in [0.25, 0.3) is 0 Å². The molecule has 102 valence electrons. The lowest BCUT2D eigenvalue weighted by atomic mass is 10.00. The molecule has 0 aliphatic carbocycles. The van der Waals surface area contributed by atoms with E-state index in [2.05, 4.69) is 22.9 Å². The molecule has 3 nitrogen and oxygen atoms in total. The number of hydrogen-bond donors (Lipinski definition) is 1. The lowest BCUT2D eigenvalue weighted by Crippen LogP contribution is -2.12. The molecule has 0 amide bonds. The van der Waals surface area contributed by atoms with E-state index in [4.69, 9.17) is 15.2 Å². The average molecular weight is 316 g/mol. The number of hydrogen-bond acceptors (Lipinski definition) is 3. The number of unbranched alkanes of at least 4 members (excludes halogenated alkanes) is 2. The number of halogens is 1. The first kappa shape index (κ1) is 15.3. The summed E-state index contributed by atoms with van der Waals surface area (Å²) >= 11 is 3.45. The quantitative estimate of drug-likeness (QED) is 0.772. The van der Waals surface area contributed by atoms with Crippen LogP contribution in [0.15, 0.2) is 16.6 Å². The topological polar surface area (TPSA) is 44.5 Å². The Labute approximate surface area is 118 Å². The molecule has 0 aliphatic heterocycles. The third kappa shape index (κ3) is 3.89. The van der Waals surface area contributed by atoms with Gasteiger partial charge in [-0.3, -0.25) is 0 Å². The predicted octanol–water partition coefficient (Wildman–Crippen LogP) is 4.05.